The van der Waals surface area contributed by atoms with Crippen LogP contribution in [0.1, 0.15) is 34.9 Å². The monoisotopic (exact) mass is 488 g/mol. The van der Waals surface area contributed by atoms with Crippen LogP contribution >= 0.6 is 11.3 Å². The Balaban J connectivity index is 1.86. The molecule has 0 bridgehead atoms. The van der Waals surface area contributed by atoms with Crippen LogP contribution in [0.25, 0.3) is 0 Å². The second-order valence-corrected chi connectivity index (χ2v) is 11.0. The van der Waals surface area contributed by atoms with Crippen LogP contribution in [0, 0.1) is 19.7 Å². The molecular weight excluding hydrogens is 459 g/mol. The van der Waals surface area contributed by atoms with E-state index in [1.54, 1.807) is 52.6 Å². The van der Waals surface area contributed by atoms with E-state index in [0.29, 0.717) is 13.0 Å². The van der Waals surface area contributed by atoms with Crippen molar-refractivity contribution in [2.45, 2.75) is 45.2 Å². The SMILES string of the molecule is CCCN(CC(=O)N(Cc1ccc(F)cc1)Cc1sccc1C)S(=O)(=O)c1ccc(C)cc1. The van der Waals surface area contributed by atoms with Crippen molar-refractivity contribution in [2.75, 3.05) is 13.1 Å². The Morgan fingerprint density at radius 2 is 1.64 bits per heavy atom. The van der Waals surface area contributed by atoms with Crippen molar-refractivity contribution in [1.29, 1.82) is 0 Å². The van der Waals surface area contributed by atoms with Gasteiger partial charge in [0.1, 0.15) is 5.82 Å². The quantitative estimate of drug-likeness (QED) is 0.397. The van der Waals surface area contributed by atoms with E-state index in [0.717, 1.165) is 21.6 Å². The van der Waals surface area contributed by atoms with Crippen molar-refractivity contribution < 1.29 is 17.6 Å². The van der Waals surface area contributed by atoms with E-state index >= 15 is 0 Å². The van der Waals surface area contributed by atoms with Gasteiger partial charge in [-0.25, -0.2) is 12.8 Å². The molecule has 1 aromatic heterocycles. The van der Waals surface area contributed by atoms with Gasteiger partial charge in [-0.1, -0.05) is 36.8 Å². The molecule has 2 aromatic carbocycles. The lowest BCUT2D eigenvalue weighted by Crippen LogP contribution is -2.42. The van der Waals surface area contributed by atoms with E-state index in [1.165, 1.54) is 16.4 Å². The largest absolute Gasteiger partial charge is 0.332 e. The first-order chi connectivity index (χ1) is 15.7. The molecule has 3 aromatic rings. The predicted molar refractivity (Wildman–Crippen MR) is 130 cm³/mol. The molecule has 0 saturated heterocycles. The summed E-state index contributed by atoms with van der Waals surface area (Å²) in [7, 11) is -3.82. The van der Waals surface area contributed by atoms with E-state index in [1.807, 2.05) is 32.2 Å². The van der Waals surface area contributed by atoms with Crippen LogP contribution in [0.5, 0.6) is 0 Å². The predicted octanol–water partition coefficient (Wildman–Crippen LogP) is 5.13. The summed E-state index contributed by atoms with van der Waals surface area (Å²) in [6.07, 6.45) is 0.584. The van der Waals surface area contributed by atoms with Crippen LogP contribution in [0.3, 0.4) is 0 Å². The maximum absolute atomic E-state index is 13.4. The summed E-state index contributed by atoms with van der Waals surface area (Å²) in [5.74, 6) is -0.639. The van der Waals surface area contributed by atoms with Crippen LogP contribution < -0.4 is 0 Å². The van der Waals surface area contributed by atoms with Gasteiger partial charge < -0.3 is 4.90 Å². The Labute approximate surface area is 199 Å². The molecule has 0 radical (unpaired) electrons. The zero-order valence-corrected chi connectivity index (χ0v) is 20.8. The molecule has 0 unspecified atom stereocenters. The summed E-state index contributed by atoms with van der Waals surface area (Å²) < 4.78 is 41.2. The molecule has 33 heavy (non-hydrogen) atoms. The smallest absolute Gasteiger partial charge is 0.243 e. The second kappa shape index (κ2) is 11.0. The number of nitrogens with zero attached hydrogens (tertiary/aromatic N) is 2. The lowest BCUT2D eigenvalue weighted by molar-refractivity contribution is -0.132. The fourth-order valence-corrected chi connectivity index (χ4v) is 5.83. The molecule has 8 heteroatoms. The first kappa shape index (κ1) is 25.1. The molecule has 0 aliphatic rings. The Bertz CT molecular complexity index is 1170. The lowest BCUT2D eigenvalue weighted by Gasteiger charge is -2.27. The Morgan fingerprint density at radius 1 is 0.970 bits per heavy atom. The molecule has 1 amide bonds. The number of rotatable bonds is 10. The number of amides is 1. The third-order valence-electron chi connectivity index (χ3n) is 5.39. The minimum atomic E-state index is -3.82. The van der Waals surface area contributed by atoms with Crippen molar-refractivity contribution in [2.24, 2.45) is 0 Å². The number of thiophene rings is 1. The van der Waals surface area contributed by atoms with Gasteiger partial charge in [-0.3, -0.25) is 4.79 Å². The number of benzene rings is 2. The van der Waals surface area contributed by atoms with Crippen molar-refractivity contribution in [3.05, 3.63) is 87.4 Å². The molecule has 1 heterocycles. The summed E-state index contributed by atoms with van der Waals surface area (Å²) in [4.78, 5) is 16.3. The van der Waals surface area contributed by atoms with Crippen molar-refractivity contribution >= 4 is 27.3 Å². The van der Waals surface area contributed by atoms with Gasteiger partial charge in [0.2, 0.25) is 15.9 Å². The number of hydrogen-bond acceptors (Lipinski definition) is 4. The highest BCUT2D eigenvalue weighted by molar-refractivity contribution is 7.89. The molecule has 176 valence electrons. The number of sulfonamides is 1. The maximum atomic E-state index is 13.4. The zero-order chi connectivity index (χ0) is 24.0. The van der Waals surface area contributed by atoms with Crippen molar-refractivity contribution in [1.82, 2.24) is 9.21 Å². The van der Waals surface area contributed by atoms with Gasteiger partial charge >= 0.3 is 0 Å². The Hall–Kier alpha value is -2.55. The summed E-state index contributed by atoms with van der Waals surface area (Å²) in [6.45, 7) is 6.37. The standard InChI is InChI=1S/C25H29FN2O3S2/c1-4-14-28(33(30,31)23-11-5-19(2)6-12-23)18-25(29)27(17-24-20(3)13-15-32-24)16-21-7-9-22(26)10-8-21/h5-13,15H,4,14,16-18H2,1-3H3. The first-order valence-corrected chi connectivity index (χ1v) is 13.1. The topological polar surface area (TPSA) is 57.7 Å². The molecule has 0 spiro atoms. The van der Waals surface area contributed by atoms with Crippen molar-refractivity contribution in [3.63, 3.8) is 0 Å². The van der Waals surface area contributed by atoms with Crippen LogP contribution in [-0.4, -0.2) is 36.6 Å². The van der Waals surface area contributed by atoms with Gasteiger partial charge in [0.15, 0.2) is 0 Å². The summed E-state index contributed by atoms with van der Waals surface area (Å²) in [5, 5.41) is 1.97. The molecule has 3 rings (SSSR count). The van der Waals surface area contributed by atoms with E-state index in [9.17, 15) is 17.6 Å². The molecule has 0 aliphatic carbocycles. The third kappa shape index (κ3) is 6.50. The molecule has 0 atom stereocenters. The summed E-state index contributed by atoms with van der Waals surface area (Å²) in [5.41, 5.74) is 2.82. The normalized spacial score (nSPS) is 11.7. The fourth-order valence-electron chi connectivity index (χ4n) is 3.43. The summed E-state index contributed by atoms with van der Waals surface area (Å²) >= 11 is 1.56. The van der Waals surface area contributed by atoms with Crippen LogP contribution in [0.15, 0.2) is 64.9 Å². The van der Waals surface area contributed by atoms with Gasteiger partial charge in [0.05, 0.1) is 18.0 Å². The molecule has 0 fully saturated rings. The fraction of sp³-hybridized carbons (Fsp3) is 0.320. The van der Waals surface area contributed by atoms with Crippen LogP contribution in [-0.2, 0) is 27.9 Å². The van der Waals surface area contributed by atoms with E-state index in [4.69, 9.17) is 0 Å². The number of hydrogen-bond donors (Lipinski definition) is 0. The van der Waals surface area contributed by atoms with E-state index in [-0.39, 0.29) is 36.3 Å². The number of carbonyl (C=O) groups is 1. The first-order valence-electron chi connectivity index (χ1n) is 10.8. The number of halogens is 1. The molecule has 0 N–H and O–H groups in total. The van der Waals surface area contributed by atoms with E-state index < -0.39 is 10.0 Å². The van der Waals surface area contributed by atoms with Crippen LogP contribution in [0.2, 0.25) is 0 Å². The lowest BCUT2D eigenvalue weighted by atomic mass is 10.2. The zero-order valence-electron chi connectivity index (χ0n) is 19.1. The second-order valence-electron chi connectivity index (χ2n) is 8.05. The number of carbonyl (C=O) groups excluding carboxylic acids is 1. The minimum Gasteiger partial charge on any atom is -0.332 e. The number of aryl methyl sites for hydroxylation is 2. The van der Waals surface area contributed by atoms with Gasteiger partial charge in [0.25, 0.3) is 0 Å². The van der Waals surface area contributed by atoms with Crippen molar-refractivity contribution in [3.8, 4) is 0 Å². The van der Waals surface area contributed by atoms with Gasteiger partial charge in [-0.15, -0.1) is 11.3 Å². The average molecular weight is 489 g/mol. The summed E-state index contributed by atoms with van der Waals surface area (Å²) in [6, 6.07) is 14.6. The van der Waals surface area contributed by atoms with Gasteiger partial charge in [0, 0.05) is 18.0 Å². The highest BCUT2D eigenvalue weighted by Crippen LogP contribution is 2.21. The highest BCUT2D eigenvalue weighted by Gasteiger charge is 2.28. The Kier molecular flexibility index (Phi) is 8.40. The maximum Gasteiger partial charge on any atom is 0.243 e. The van der Waals surface area contributed by atoms with Gasteiger partial charge in [-0.05, 0) is 67.1 Å². The average Bonchev–Trinajstić information content (AvgIpc) is 3.19. The van der Waals surface area contributed by atoms with Crippen LogP contribution in [0.4, 0.5) is 4.39 Å². The van der Waals surface area contributed by atoms with Gasteiger partial charge in [-0.2, -0.15) is 4.31 Å². The highest BCUT2D eigenvalue weighted by atomic mass is 32.2. The Morgan fingerprint density at radius 3 is 2.21 bits per heavy atom. The molecule has 0 aliphatic heterocycles. The molecule has 0 saturated carbocycles. The van der Waals surface area contributed by atoms with E-state index in [2.05, 4.69) is 0 Å². The molecule has 5 nitrogen and oxygen atoms in total. The minimum absolute atomic E-state index is 0.175. The molecular formula is C25H29FN2O3S2. The third-order valence-corrected chi connectivity index (χ3v) is 8.25.